The molecule has 0 fully saturated rings. The van der Waals surface area contributed by atoms with E-state index in [-0.39, 0.29) is 0 Å². The van der Waals surface area contributed by atoms with Crippen molar-refractivity contribution in [3.8, 4) is 56.4 Å². The zero-order valence-electron chi connectivity index (χ0n) is 26.7. The summed E-state index contributed by atoms with van der Waals surface area (Å²) in [6.45, 7) is 0. The number of furan rings is 2. The van der Waals surface area contributed by atoms with Crippen molar-refractivity contribution in [2.45, 2.75) is 0 Å². The Kier molecular flexibility index (Phi) is 6.42. The van der Waals surface area contributed by atoms with Crippen LogP contribution in [0, 0.1) is 0 Å². The quantitative estimate of drug-likeness (QED) is 0.187. The number of fused-ring (bicyclic) bond motifs is 6. The molecular formula is C45H27N3O2. The molecule has 0 aliphatic carbocycles. The van der Waals surface area contributed by atoms with Crippen LogP contribution < -0.4 is 0 Å². The van der Waals surface area contributed by atoms with Crippen molar-refractivity contribution in [3.05, 3.63) is 164 Å². The summed E-state index contributed by atoms with van der Waals surface area (Å²) in [5.74, 6) is 1.60. The van der Waals surface area contributed by atoms with Crippen LogP contribution in [0.25, 0.3) is 100 Å². The van der Waals surface area contributed by atoms with Crippen LogP contribution in [-0.4, -0.2) is 15.0 Å². The normalized spacial score (nSPS) is 11.6. The van der Waals surface area contributed by atoms with Crippen molar-refractivity contribution in [3.63, 3.8) is 0 Å². The summed E-state index contributed by atoms with van der Waals surface area (Å²) < 4.78 is 13.2. The topological polar surface area (TPSA) is 65.0 Å². The van der Waals surface area contributed by atoms with Gasteiger partial charge in [-0.2, -0.15) is 0 Å². The summed E-state index contributed by atoms with van der Waals surface area (Å²) in [6.07, 6.45) is 0. The molecule has 0 N–H and O–H groups in total. The van der Waals surface area contributed by atoms with Crippen molar-refractivity contribution in [1.29, 1.82) is 0 Å². The van der Waals surface area contributed by atoms with Crippen molar-refractivity contribution in [2.24, 2.45) is 0 Å². The highest BCUT2D eigenvalue weighted by Gasteiger charge is 2.22. The summed E-state index contributed by atoms with van der Waals surface area (Å²) in [5, 5.41) is 4.09. The van der Waals surface area contributed by atoms with E-state index in [0.29, 0.717) is 17.5 Å². The van der Waals surface area contributed by atoms with Gasteiger partial charge in [-0.25, -0.2) is 15.0 Å². The van der Waals surface area contributed by atoms with E-state index in [2.05, 4.69) is 84.9 Å². The molecule has 5 nitrogen and oxygen atoms in total. The van der Waals surface area contributed by atoms with Gasteiger partial charge in [0.15, 0.2) is 17.5 Å². The average molecular weight is 642 g/mol. The Labute approximate surface area is 287 Å². The summed E-state index contributed by atoms with van der Waals surface area (Å²) in [5.41, 5.74) is 9.84. The van der Waals surface area contributed by atoms with E-state index in [0.717, 1.165) is 82.8 Å². The molecule has 0 aliphatic heterocycles. The Morgan fingerprint density at radius 2 is 0.680 bits per heavy atom. The molecule has 0 radical (unpaired) electrons. The van der Waals surface area contributed by atoms with Crippen molar-refractivity contribution >= 4 is 43.9 Å². The Morgan fingerprint density at radius 1 is 0.300 bits per heavy atom. The Morgan fingerprint density at radius 3 is 1.14 bits per heavy atom. The Bertz CT molecular complexity index is 2680. The third-order valence-electron chi connectivity index (χ3n) is 9.32. The monoisotopic (exact) mass is 641 g/mol. The molecule has 5 heteroatoms. The smallest absolute Gasteiger partial charge is 0.167 e. The first-order chi connectivity index (χ1) is 24.8. The first-order valence-electron chi connectivity index (χ1n) is 16.6. The number of hydrogen-bond acceptors (Lipinski definition) is 5. The van der Waals surface area contributed by atoms with E-state index >= 15 is 0 Å². The lowest BCUT2D eigenvalue weighted by Crippen LogP contribution is -2.01. The van der Waals surface area contributed by atoms with Crippen LogP contribution in [0.1, 0.15) is 0 Å². The molecule has 0 saturated carbocycles. The SMILES string of the molecule is c1ccc(-c2cc(-c3nc(-c4ccccc4)nc(-c4cc(-c5ccccc5)cc5c4oc4ccccc45)n3)c3oc4ccccc4c3c2)cc1. The second kappa shape index (κ2) is 11.4. The minimum absolute atomic E-state index is 0.519. The highest BCUT2D eigenvalue weighted by atomic mass is 16.3. The van der Waals surface area contributed by atoms with Crippen LogP contribution in [0.5, 0.6) is 0 Å². The average Bonchev–Trinajstić information content (AvgIpc) is 3.76. The first-order valence-corrected chi connectivity index (χ1v) is 16.6. The van der Waals surface area contributed by atoms with Gasteiger partial charge in [-0.3, -0.25) is 0 Å². The van der Waals surface area contributed by atoms with Gasteiger partial charge in [0.1, 0.15) is 22.3 Å². The molecular weight excluding hydrogens is 615 g/mol. The number of nitrogens with zero attached hydrogens (tertiary/aromatic N) is 3. The lowest BCUT2D eigenvalue weighted by atomic mass is 9.98. The van der Waals surface area contributed by atoms with E-state index in [4.69, 9.17) is 23.8 Å². The van der Waals surface area contributed by atoms with Crippen LogP contribution in [0.3, 0.4) is 0 Å². The van der Waals surface area contributed by atoms with E-state index in [1.165, 1.54) is 0 Å². The lowest BCUT2D eigenvalue weighted by Gasteiger charge is -2.12. The van der Waals surface area contributed by atoms with Crippen LogP contribution in [0.2, 0.25) is 0 Å². The molecule has 50 heavy (non-hydrogen) atoms. The first kappa shape index (κ1) is 28.2. The van der Waals surface area contributed by atoms with Crippen molar-refractivity contribution in [1.82, 2.24) is 15.0 Å². The summed E-state index contributed by atoms with van der Waals surface area (Å²) >= 11 is 0. The standard InChI is InChI=1S/C45H27N3O2/c1-4-14-28(15-5-1)31-24-35-33-20-10-12-22-39(33)49-41(35)37(26-31)44-46-43(30-18-8-3-9-19-30)47-45(48-44)38-27-32(29-16-6-2-7-17-29)25-36-34-21-11-13-23-40(34)50-42(36)38/h1-27H. The van der Waals surface area contributed by atoms with Gasteiger partial charge < -0.3 is 8.83 Å². The molecule has 3 aromatic heterocycles. The maximum atomic E-state index is 6.59. The largest absolute Gasteiger partial charge is 0.455 e. The molecule has 0 atom stereocenters. The van der Waals surface area contributed by atoms with Crippen LogP contribution >= 0.6 is 0 Å². The Hall–Kier alpha value is -6.85. The fourth-order valence-corrected chi connectivity index (χ4v) is 6.91. The van der Waals surface area contributed by atoms with Gasteiger partial charge in [-0.1, -0.05) is 127 Å². The number of para-hydroxylation sites is 2. The minimum atomic E-state index is 0.519. The molecule has 0 bridgehead atoms. The predicted molar refractivity (Wildman–Crippen MR) is 202 cm³/mol. The van der Waals surface area contributed by atoms with Gasteiger partial charge in [0.05, 0.1) is 11.1 Å². The molecule has 10 aromatic rings. The van der Waals surface area contributed by atoms with E-state index in [1.807, 2.05) is 78.9 Å². The molecule has 0 amide bonds. The second-order valence-electron chi connectivity index (χ2n) is 12.4. The van der Waals surface area contributed by atoms with E-state index in [1.54, 1.807) is 0 Å². The van der Waals surface area contributed by atoms with E-state index in [9.17, 15) is 0 Å². The molecule has 0 saturated heterocycles. The van der Waals surface area contributed by atoms with Gasteiger partial charge in [0.2, 0.25) is 0 Å². The number of benzene rings is 7. The fraction of sp³-hybridized carbons (Fsp3) is 0. The third-order valence-corrected chi connectivity index (χ3v) is 9.32. The highest BCUT2D eigenvalue weighted by Crippen LogP contribution is 2.42. The minimum Gasteiger partial charge on any atom is -0.455 e. The number of rotatable bonds is 5. The maximum absolute atomic E-state index is 6.59. The second-order valence-corrected chi connectivity index (χ2v) is 12.4. The predicted octanol–water partition coefficient (Wildman–Crippen LogP) is 12.0. The van der Waals surface area contributed by atoms with Gasteiger partial charge in [-0.15, -0.1) is 0 Å². The fourth-order valence-electron chi connectivity index (χ4n) is 6.91. The van der Waals surface area contributed by atoms with Gasteiger partial charge in [0.25, 0.3) is 0 Å². The molecule has 3 heterocycles. The van der Waals surface area contributed by atoms with E-state index < -0.39 is 0 Å². The van der Waals surface area contributed by atoms with Gasteiger partial charge >= 0.3 is 0 Å². The highest BCUT2D eigenvalue weighted by molar-refractivity contribution is 6.12. The molecule has 0 aliphatic rings. The van der Waals surface area contributed by atoms with Gasteiger partial charge in [0, 0.05) is 27.1 Å². The summed E-state index contributed by atoms with van der Waals surface area (Å²) in [4.78, 5) is 15.6. The van der Waals surface area contributed by atoms with Gasteiger partial charge in [-0.05, 0) is 58.7 Å². The molecule has 0 spiro atoms. The Balaban J connectivity index is 1.30. The van der Waals surface area contributed by atoms with Crippen LogP contribution in [-0.2, 0) is 0 Å². The summed E-state index contributed by atoms with van der Waals surface area (Å²) in [6, 6.07) is 55.7. The van der Waals surface area contributed by atoms with Crippen LogP contribution in [0.4, 0.5) is 0 Å². The van der Waals surface area contributed by atoms with Crippen LogP contribution in [0.15, 0.2) is 173 Å². The van der Waals surface area contributed by atoms with Crippen molar-refractivity contribution in [2.75, 3.05) is 0 Å². The molecule has 0 unspecified atom stereocenters. The van der Waals surface area contributed by atoms with Crippen molar-refractivity contribution < 1.29 is 8.83 Å². The lowest BCUT2D eigenvalue weighted by molar-refractivity contribution is 0.669. The zero-order valence-corrected chi connectivity index (χ0v) is 26.7. The number of hydrogen-bond donors (Lipinski definition) is 0. The molecule has 234 valence electrons. The molecule has 10 rings (SSSR count). The number of aromatic nitrogens is 3. The summed E-state index contributed by atoms with van der Waals surface area (Å²) in [7, 11) is 0. The maximum Gasteiger partial charge on any atom is 0.167 e. The molecule has 7 aromatic carbocycles. The zero-order chi connectivity index (χ0) is 33.0. The third kappa shape index (κ3) is 4.67.